The lowest BCUT2D eigenvalue weighted by atomic mass is 9.86. The van der Waals surface area contributed by atoms with E-state index in [0.717, 1.165) is 6.07 Å². The molecule has 0 bridgehead atoms. The summed E-state index contributed by atoms with van der Waals surface area (Å²) in [6, 6.07) is 5.31. The summed E-state index contributed by atoms with van der Waals surface area (Å²) in [5, 5.41) is 0. The van der Waals surface area contributed by atoms with E-state index in [9.17, 15) is 22.8 Å². The Morgan fingerprint density at radius 3 is 2.64 bits per heavy atom. The van der Waals surface area contributed by atoms with Crippen molar-refractivity contribution in [1.82, 2.24) is 4.90 Å². The number of esters is 1. The van der Waals surface area contributed by atoms with E-state index in [1.807, 2.05) is 0 Å². The predicted octanol–water partition coefficient (Wildman–Crippen LogP) is 2.58. The van der Waals surface area contributed by atoms with Crippen molar-refractivity contribution in [1.29, 1.82) is 0 Å². The number of benzene rings is 1. The van der Waals surface area contributed by atoms with E-state index in [1.54, 1.807) is 0 Å². The molecule has 1 aromatic carbocycles. The number of hydrogen-bond donors (Lipinski definition) is 0. The topological polar surface area (TPSA) is 46.6 Å². The Morgan fingerprint density at radius 2 is 2.05 bits per heavy atom. The number of methoxy groups -OCH3 is 1. The van der Waals surface area contributed by atoms with Gasteiger partial charge in [-0.3, -0.25) is 9.59 Å². The van der Waals surface area contributed by atoms with Crippen molar-refractivity contribution in [2.24, 2.45) is 0 Å². The molecule has 1 heterocycles. The minimum absolute atomic E-state index is 0.0376. The molecule has 7 heteroatoms. The third-order valence-corrected chi connectivity index (χ3v) is 3.77. The number of nitrogens with zero attached hydrogens (tertiary/aromatic N) is 1. The molecule has 0 radical (unpaired) electrons. The molecule has 0 aromatic heterocycles. The first-order chi connectivity index (χ1) is 10.3. The maximum Gasteiger partial charge on any atom is 0.416 e. The van der Waals surface area contributed by atoms with Gasteiger partial charge in [-0.05, 0) is 24.0 Å². The van der Waals surface area contributed by atoms with Gasteiger partial charge >= 0.3 is 12.1 Å². The first-order valence-electron chi connectivity index (χ1n) is 6.83. The number of ether oxygens (including phenoxy) is 1. The van der Waals surface area contributed by atoms with Crippen LogP contribution in [0, 0.1) is 0 Å². The van der Waals surface area contributed by atoms with Crippen LogP contribution in [-0.2, 0) is 20.5 Å². The molecule has 0 aliphatic carbocycles. The van der Waals surface area contributed by atoms with E-state index in [2.05, 4.69) is 4.74 Å². The number of halogens is 3. The second-order valence-corrected chi connectivity index (χ2v) is 5.17. The molecule has 0 spiro atoms. The van der Waals surface area contributed by atoms with Gasteiger partial charge in [0.1, 0.15) is 6.54 Å². The van der Waals surface area contributed by atoms with Crippen LogP contribution in [0.25, 0.3) is 0 Å². The number of alkyl halides is 3. The van der Waals surface area contributed by atoms with E-state index in [0.29, 0.717) is 6.42 Å². The fourth-order valence-electron chi connectivity index (χ4n) is 2.64. The summed E-state index contributed by atoms with van der Waals surface area (Å²) < 4.78 is 43.6. The van der Waals surface area contributed by atoms with Gasteiger partial charge in [0.15, 0.2) is 0 Å². The van der Waals surface area contributed by atoms with Crippen molar-refractivity contribution in [3.05, 3.63) is 35.4 Å². The first-order valence-corrected chi connectivity index (χ1v) is 6.83. The van der Waals surface area contributed by atoms with Gasteiger partial charge in [-0.25, -0.2) is 0 Å². The second kappa shape index (κ2) is 6.37. The Kier molecular flexibility index (Phi) is 4.73. The molecule has 4 nitrogen and oxygen atoms in total. The zero-order chi connectivity index (χ0) is 16.3. The Morgan fingerprint density at radius 1 is 1.36 bits per heavy atom. The molecular weight excluding hydrogens is 299 g/mol. The molecule has 1 atom stereocenters. The molecule has 0 N–H and O–H groups in total. The van der Waals surface area contributed by atoms with Gasteiger partial charge in [0.05, 0.1) is 12.7 Å². The van der Waals surface area contributed by atoms with Crippen LogP contribution in [0.5, 0.6) is 0 Å². The number of carbonyl (C=O) groups excluding carboxylic acids is 2. The molecule has 1 aliphatic heterocycles. The van der Waals surface area contributed by atoms with Crippen LogP contribution >= 0.6 is 0 Å². The number of rotatable bonds is 3. The van der Waals surface area contributed by atoms with Gasteiger partial charge in [0, 0.05) is 13.0 Å². The standard InChI is InChI=1S/C15H16F3NO3/c1-22-14(21)9-19-7-6-10(8-13(19)20)11-4-2-3-5-12(11)15(16,17)18/h2-5,10H,6-9H2,1H3/t10-/m1/s1. The predicted molar refractivity (Wildman–Crippen MR) is 72.0 cm³/mol. The molecule has 22 heavy (non-hydrogen) atoms. The average molecular weight is 315 g/mol. The average Bonchev–Trinajstić information content (AvgIpc) is 2.48. The maximum atomic E-state index is 13.0. The largest absolute Gasteiger partial charge is 0.468 e. The summed E-state index contributed by atoms with van der Waals surface area (Å²) in [7, 11) is 1.22. The Hall–Kier alpha value is -2.05. The van der Waals surface area contributed by atoms with Gasteiger partial charge in [-0.2, -0.15) is 13.2 Å². The quantitative estimate of drug-likeness (QED) is 0.806. The smallest absolute Gasteiger partial charge is 0.416 e. The maximum absolute atomic E-state index is 13.0. The summed E-state index contributed by atoms with van der Waals surface area (Å²) in [5.74, 6) is -1.36. The van der Waals surface area contributed by atoms with Crippen LogP contribution in [-0.4, -0.2) is 37.0 Å². The van der Waals surface area contributed by atoms with Gasteiger partial charge in [0.2, 0.25) is 5.91 Å². The zero-order valence-electron chi connectivity index (χ0n) is 12.0. The van der Waals surface area contributed by atoms with Gasteiger partial charge in [0.25, 0.3) is 0 Å². The second-order valence-electron chi connectivity index (χ2n) is 5.17. The van der Waals surface area contributed by atoms with E-state index in [-0.39, 0.29) is 31.0 Å². The Balaban J connectivity index is 2.14. The summed E-state index contributed by atoms with van der Waals surface area (Å²) >= 11 is 0. The van der Waals surface area contributed by atoms with Crippen LogP contribution in [0.3, 0.4) is 0 Å². The molecule has 1 saturated heterocycles. The van der Waals surface area contributed by atoms with Crippen molar-refractivity contribution < 1.29 is 27.5 Å². The molecule has 1 aliphatic rings. The van der Waals surface area contributed by atoms with Gasteiger partial charge in [-0.1, -0.05) is 18.2 Å². The van der Waals surface area contributed by atoms with Gasteiger partial charge < -0.3 is 9.64 Å². The van der Waals surface area contributed by atoms with Crippen LogP contribution in [0.2, 0.25) is 0 Å². The van der Waals surface area contributed by atoms with Crippen molar-refractivity contribution in [2.45, 2.75) is 24.9 Å². The van der Waals surface area contributed by atoms with Crippen molar-refractivity contribution in [3.63, 3.8) is 0 Å². The summed E-state index contributed by atoms with van der Waals surface area (Å²) in [6.45, 7) is 0.0771. The lowest BCUT2D eigenvalue weighted by molar-refractivity contribution is -0.148. The Bertz CT molecular complexity index is 571. The van der Waals surface area contributed by atoms with Crippen LogP contribution in [0.1, 0.15) is 29.9 Å². The molecule has 1 fully saturated rings. The van der Waals surface area contributed by atoms with E-state index in [1.165, 1.54) is 30.2 Å². The molecule has 120 valence electrons. The number of carbonyl (C=O) groups is 2. The van der Waals surface area contributed by atoms with Crippen molar-refractivity contribution >= 4 is 11.9 Å². The molecule has 2 rings (SSSR count). The minimum Gasteiger partial charge on any atom is -0.468 e. The lowest BCUT2D eigenvalue weighted by Crippen LogP contribution is -2.41. The van der Waals surface area contributed by atoms with Crippen LogP contribution < -0.4 is 0 Å². The first kappa shape index (κ1) is 16.3. The molecule has 1 aromatic rings. The summed E-state index contributed by atoms with van der Waals surface area (Å²) in [4.78, 5) is 24.5. The molecule has 0 unspecified atom stereocenters. The van der Waals surface area contributed by atoms with Gasteiger partial charge in [-0.15, -0.1) is 0 Å². The Labute approximate surface area is 125 Å². The highest BCUT2D eigenvalue weighted by Crippen LogP contribution is 2.38. The van der Waals surface area contributed by atoms with Crippen molar-refractivity contribution in [2.75, 3.05) is 20.2 Å². The van der Waals surface area contributed by atoms with Crippen molar-refractivity contribution in [3.8, 4) is 0 Å². The SMILES string of the molecule is COC(=O)CN1CC[C@@H](c2ccccc2C(F)(F)F)CC1=O. The highest BCUT2D eigenvalue weighted by atomic mass is 19.4. The third kappa shape index (κ3) is 3.58. The number of amides is 1. The third-order valence-electron chi connectivity index (χ3n) is 3.77. The number of hydrogen-bond acceptors (Lipinski definition) is 3. The fraction of sp³-hybridized carbons (Fsp3) is 0.467. The molecular formula is C15H16F3NO3. The number of piperidine rings is 1. The summed E-state index contributed by atoms with van der Waals surface area (Å²) in [5.41, 5.74) is -0.560. The molecule has 0 saturated carbocycles. The number of likely N-dealkylation sites (tertiary alicyclic amines) is 1. The summed E-state index contributed by atoms with van der Waals surface area (Å²) in [6.07, 6.45) is -4.09. The van der Waals surface area contributed by atoms with E-state index < -0.39 is 23.6 Å². The molecule has 1 amide bonds. The zero-order valence-corrected chi connectivity index (χ0v) is 12.0. The fourth-order valence-corrected chi connectivity index (χ4v) is 2.64. The lowest BCUT2D eigenvalue weighted by Gasteiger charge is -2.32. The monoisotopic (exact) mass is 315 g/mol. The van der Waals surface area contributed by atoms with E-state index in [4.69, 9.17) is 0 Å². The highest BCUT2D eigenvalue weighted by molar-refractivity contribution is 5.83. The minimum atomic E-state index is -4.44. The van der Waals surface area contributed by atoms with Crippen LogP contribution in [0.15, 0.2) is 24.3 Å². The van der Waals surface area contributed by atoms with E-state index >= 15 is 0 Å². The van der Waals surface area contributed by atoms with Crippen LogP contribution in [0.4, 0.5) is 13.2 Å². The normalized spacial score (nSPS) is 19.2. The highest BCUT2D eigenvalue weighted by Gasteiger charge is 2.37.